The average Bonchev–Trinajstić information content (AvgIpc) is 2.68. The van der Waals surface area contributed by atoms with Crippen molar-refractivity contribution >= 4 is 23.3 Å². The van der Waals surface area contributed by atoms with Gasteiger partial charge in [0.2, 0.25) is 11.7 Å². The van der Waals surface area contributed by atoms with Crippen molar-refractivity contribution in [1.82, 2.24) is 0 Å². The van der Waals surface area contributed by atoms with E-state index in [4.69, 9.17) is 9.47 Å². The molecule has 0 aromatic heterocycles. The molecule has 0 radical (unpaired) electrons. The number of esters is 1. The highest BCUT2D eigenvalue weighted by Crippen LogP contribution is 2.18. The SMILES string of the molecule is CCOC(=O)c1ccc(OC(C)C(=O)c2ccc(NC(=O)C(C)C)cc2)cc1. The first-order valence-corrected chi connectivity index (χ1v) is 9.20. The summed E-state index contributed by atoms with van der Waals surface area (Å²) in [6, 6.07) is 13.1. The van der Waals surface area contributed by atoms with Crippen molar-refractivity contribution in [3.05, 3.63) is 59.7 Å². The first-order chi connectivity index (χ1) is 13.3. The van der Waals surface area contributed by atoms with Gasteiger partial charge in [0.15, 0.2) is 6.10 Å². The van der Waals surface area contributed by atoms with E-state index in [-0.39, 0.29) is 17.6 Å². The second-order valence-electron chi connectivity index (χ2n) is 6.59. The summed E-state index contributed by atoms with van der Waals surface area (Å²) in [5.74, 6) is -0.305. The summed E-state index contributed by atoms with van der Waals surface area (Å²) < 4.78 is 10.6. The summed E-state index contributed by atoms with van der Waals surface area (Å²) in [6.07, 6.45) is -0.704. The lowest BCUT2D eigenvalue weighted by molar-refractivity contribution is -0.118. The molecule has 0 saturated heterocycles. The van der Waals surface area contributed by atoms with Crippen molar-refractivity contribution < 1.29 is 23.9 Å². The summed E-state index contributed by atoms with van der Waals surface area (Å²) in [4.78, 5) is 35.9. The molecule has 0 bridgehead atoms. The van der Waals surface area contributed by atoms with Crippen LogP contribution in [0.5, 0.6) is 5.75 Å². The summed E-state index contributed by atoms with van der Waals surface area (Å²) >= 11 is 0. The van der Waals surface area contributed by atoms with Crippen LogP contribution in [0.3, 0.4) is 0 Å². The van der Waals surface area contributed by atoms with E-state index in [1.165, 1.54) is 0 Å². The number of rotatable bonds is 8. The lowest BCUT2D eigenvalue weighted by atomic mass is 10.1. The molecule has 0 fully saturated rings. The van der Waals surface area contributed by atoms with Crippen molar-refractivity contribution in [2.75, 3.05) is 11.9 Å². The monoisotopic (exact) mass is 383 g/mol. The quantitative estimate of drug-likeness (QED) is 0.548. The normalized spacial score (nSPS) is 11.6. The van der Waals surface area contributed by atoms with Crippen LogP contribution in [-0.4, -0.2) is 30.4 Å². The smallest absolute Gasteiger partial charge is 0.338 e. The fourth-order valence-electron chi connectivity index (χ4n) is 2.38. The molecule has 0 heterocycles. The lowest BCUT2D eigenvalue weighted by Gasteiger charge is -2.14. The van der Waals surface area contributed by atoms with E-state index in [1.54, 1.807) is 62.4 Å². The van der Waals surface area contributed by atoms with Crippen LogP contribution >= 0.6 is 0 Å². The van der Waals surface area contributed by atoms with Crippen molar-refractivity contribution in [2.24, 2.45) is 5.92 Å². The number of ketones is 1. The second-order valence-corrected chi connectivity index (χ2v) is 6.59. The van der Waals surface area contributed by atoms with Crippen LogP contribution in [0.15, 0.2) is 48.5 Å². The molecule has 6 heteroatoms. The number of carbonyl (C=O) groups is 3. The van der Waals surface area contributed by atoms with Gasteiger partial charge in [-0.25, -0.2) is 4.79 Å². The van der Waals surface area contributed by atoms with Gasteiger partial charge in [0, 0.05) is 17.2 Å². The Morgan fingerprint density at radius 2 is 1.46 bits per heavy atom. The van der Waals surface area contributed by atoms with Gasteiger partial charge in [0.1, 0.15) is 5.75 Å². The molecule has 0 saturated carbocycles. The van der Waals surface area contributed by atoms with Crippen LogP contribution in [-0.2, 0) is 9.53 Å². The van der Waals surface area contributed by atoms with Gasteiger partial charge in [0.25, 0.3) is 0 Å². The van der Waals surface area contributed by atoms with Crippen molar-refractivity contribution in [2.45, 2.75) is 33.8 Å². The molecule has 2 aromatic carbocycles. The van der Waals surface area contributed by atoms with E-state index in [9.17, 15) is 14.4 Å². The third-order valence-corrected chi connectivity index (χ3v) is 4.01. The van der Waals surface area contributed by atoms with Crippen molar-refractivity contribution in [1.29, 1.82) is 0 Å². The first kappa shape index (κ1) is 21.2. The Labute approximate surface area is 164 Å². The van der Waals surface area contributed by atoms with Gasteiger partial charge in [-0.05, 0) is 62.4 Å². The molecule has 1 N–H and O–H groups in total. The van der Waals surface area contributed by atoms with Gasteiger partial charge in [0.05, 0.1) is 12.2 Å². The van der Waals surface area contributed by atoms with Crippen LogP contribution in [0.4, 0.5) is 5.69 Å². The number of hydrogen-bond acceptors (Lipinski definition) is 5. The number of benzene rings is 2. The van der Waals surface area contributed by atoms with Gasteiger partial charge in [-0.15, -0.1) is 0 Å². The Bertz CT molecular complexity index is 825. The molecule has 0 aliphatic heterocycles. The first-order valence-electron chi connectivity index (χ1n) is 9.20. The fraction of sp³-hybridized carbons (Fsp3) is 0.318. The highest BCUT2D eigenvalue weighted by atomic mass is 16.5. The number of amides is 1. The lowest BCUT2D eigenvalue weighted by Crippen LogP contribution is -2.24. The molecule has 0 spiro atoms. The number of anilines is 1. The van der Waals surface area contributed by atoms with Gasteiger partial charge < -0.3 is 14.8 Å². The zero-order valence-electron chi connectivity index (χ0n) is 16.5. The maximum atomic E-state index is 12.6. The van der Waals surface area contributed by atoms with Crippen LogP contribution in [0.2, 0.25) is 0 Å². The highest BCUT2D eigenvalue weighted by Gasteiger charge is 2.17. The van der Waals surface area contributed by atoms with Crippen LogP contribution < -0.4 is 10.1 Å². The molecular formula is C22H25NO5. The van der Waals surface area contributed by atoms with Gasteiger partial charge in [-0.1, -0.05) is 13.8 Å². The number of Topliss-reactive ketones (excluding diaryl/α,β-unsaturated/α-hetero) is 1. The van der Waals surface area contributed by atoms with Gasteiger partial charge >= 0.3 is 5.97 Å². The fourth-order valence-corrected chi connectivity index (χ4v) is 2.38. The van der Waals surface area contributed by atoms with Crippen LogP contribution in [0.25, 0.3) is 0 Å². The Kier molecular flexibility index (Phi) is 7.32. The molecule has 148 valence electrons. The number of hydrogen-bond donors (Lipinski definition) is 1. The molecule has 0 aliphatic rings. The summed E-state index contributed by atoms with van der Waals surface area (Å²) in [6.45, 7) is 7.34. The van der Waals surface area contributed by atoms with Gasteiger partial charge in [-0.3, -0.25) is 9.59 Å². The van der Waals surface area contributed by atoms with Crippen LogP contribution in [0, 0.1) is 5.92 Å². The number of carbonyl (C=O) groups excluding carboxylic acids is 3. The molecule has 6 nitrogen and oxygen atoms in total. The molecule has 1 amide bonds. The van der Waals surface area contributed by atoms with E-state index in [2.05, 4.69) is 5.32 Å². The predicted molar refractivity (Wildman–Crippen MR) is 107 cm³/mol. The zero-order valence-corrected chi connectivity index (χ0v) is 16.5. The average molecular weight is 383 g/mol. The highest BCUT2D eigenvalue weighted by molar-refractivity contribution is 6.00. The minimum Gasteiger partial charge on any atom is -0.483 e. The van der Waals surface area contributed by atoms with Crippen LogP contribution in [0.1, 0.15) is 48.4 Å². The molecule has 2 aromatic rings. The molecule has 0 aliphatic carbocycles. The largest absolute Gasteiger partial charge is 0.483 e. The third kappa shape index (κ3) is 5.67. The van der Waals surface area contributed by atoms with E-state index in [0.29, 0.717) is 29.2 Å². The summed E-state index contributed by atoms with van der Waals surface area (Å²) in [7, 11) is 0. The molecule has 2 rings (SSSR count). The standard InChI is InChI=1S/C22H25NO5/c1-5-27-22(26)17-8-12-19(13-9-17)28-15(4)20(24)16-6-10-18(11-7-16)23-21(25)14(2)3/h6-15H,5H2,1-4H3,(H,23,25). The van der Waals surface area contributed by atoms with E-state index >= 15 is 0 Å². The van der Waals surface area contributed by atoms with Crippen molar-refractivity contribution in [3.63, 3.8) is 0 Å². The molecular weight excluding hydrogens is 358 g/mol. The number of ether oxygens (including phenoxy) is 2. The van der Waals surface area contributed by atoms with E-state index in [1.807, 2.05) is 13.8 Å². The number of nitrogens with one attached hydrogen (secondary N) is 1. The van der Waals surface area contributed by atoms with E-state index < -0.39 is 12.1 Å². The molecule has 1 unspecified atom stereocenters. The van der Waals surface area contributed by atoms with Gasteiger partial charge in [-0.2, -0.15) is 0 Å². The minimum absolute atomic E-state index is 0.0814. The van der Waals surface area contributed by atoms with Crippen molar-refractivity contribution in [3.8, 4) is 5.75 Å². The summed E-state index contributed by atoms with van der Waals surface area (Å²) in [5.41, 5.74) is 1.55. The van der Waals surface area contributed by atoms with E-state index in [0.717, 1.165) is 0 Å². The maximum Gasteiger partial charge on any atom is 0.338 e. The topological polar surface area (TPSA) is 81.7 Å². The summed E-state index contributed by atoms with van der Waals surface area (Å²) in [5, 5.41) is 2.78. The maximum absolute atomic E-state index is 12.6. The Morgan fingerprint density at radius 3 is 2.00 bits per heavy atom. The molecule has 28 heavy (non-hydrogen) atoms. The second kappa shape index (κ2) is 9.69. The predicted octanol–water partition coefficient (Wildman–Crippen LogP) is 4.11. The molecule has 1 atom stereocenters. The zero-order chi connectivity index (χ0) is 20.7. The third-order valence-electron chi connectivity index (χ3n) is 4.01. The Balaban J connectivity index is 1.98. The Morgan fingerprint density at radius 1 is 0.893 bits per heavy atom. The Hall–Kier alpha value is -3.15. The minimum atomic E-state index is -0.704.